The van der Waals surface area contributed by atoms with Crippen molar-refractivity contribution in [2.24, 2.45) is 22.1 Å². The molecule has 2 saturated heterocycles. The highest BCUT2D eigenvalue weighted by Gasteiger charge is 2.47. The number of rotatable bonds is 7. The molecule has 3 fully saturated rings. The molecule has 1 N–H and O–H groups in total. The van der Waals surface area contributed by atoms with E-state index in [2.05, 4.69) is 38.3 Å². The fourth-order valence-corrected chi connectivity index (χ4v) is 11.3. The summed E-state index contributed by atoms with van der Waals surface area (Å²) in [5, 5.41) is 0.747. The number of hydrogen-bond acceptors (Lipinski definition) is 9. The molecule has 13 heteroatoms. The first kappa shape index (κ1) is 38.7. The number of amides is 2. The number of carbonyl (C=O) groups excluding carboxylic acids is 2. The van der Waals surface area contributed by atoms with Gasteiger partial charge >= 0.3 is 0 Å². The van der Waals surface area contributed by atoms with Crippen LogP contribution in [-0.2, 0) is 55.0 Å². The second kappa shape index (κ2) is 17.1. The first-order valence-corrected chi connectivity index (χ1v) is 21.3. The molecule has 1 aromatic rings. The summed E-state index contributed by atoms with van der Waals surface area (Å²) in [7, 11) is -0.211. The average molecular weight is 772 g/mol. The number of halogens is 1. The van der Waals surface area contributed by atoms with Crippen LogP contribution in [0.1, 0.15) is 62.5 Å². The molecule has 290 valence electrons. The number of methoxy groups -OCH3 is 2. The summed E-state index contributed by atoms with van der Waals surface area (Å²) < 4.78 is 51.2. The van der Waals surface area contributed by atoms with Crippen LogP contribution in [0.5, 0.6) is 0 Å². The highest BCUT2D eigenvalue weighted by Crippen LogP contribution is 2.46. The number of ether oxygens (including phenoxy) is 5. The van der Waals surface area contributed by atoms with Crippen molar-refractivity contribution in [2.45, 2.75) is 81.5 Å². The standard InChI is InChI=1S/C40H54ClN3O8S/c1-48-22-27-5-3-7-36(49-2)33-11-8-30(33)21-44-25-40(16-4-6-28-19-31(41)10-12-34(28)40)26-52-37-13-9-29(20-35(37)44)39(46)43-53(47,24-27)42-38(45)23-51-32-14-17-50-18-15-32/h3,7,9-10,12-13,19,27,30,32-33,35-36H,4-6,8,11,14-18,20-26H2,1-2H3,(H,42,43,45,46,47)/b7-3+/t27-,30+,33-,35?,36+,40+,53-/m1/s1. The van der Waals surface area contributed by atoms with Crippen molar-refractivity contribution in [1.29, 1.82) is 0 Å². The SMILES string of the molecule is COC[C@H]1C/C=C/[C@H](OC)[C@@H]2CC[C@H]2CN2C[C@@]3(CCCc4cc(Cl)ccc43)COC3=CC=C(CC32)C(=O)N=[S@](=O)(NC(=O)COC2CCOCC2)C1. The van der Waals surface area contributed by atoms with E-state index < -0.39 is 21.7 Å². The molecule has 1 saturated carbocycles. The van der Waals surface area contributed by atoms with Gasteiger partial charge in [0.05, 0.1) is 37.2 Å². The monoisotopic (exact) mass is 771 g/mol. The van der Waals surface area contributed by atoms with Gasteiger partial charge in [-0.15, -0.1) is 4.36 Å². The molecule has 1 aromatic carbocycles. The fourth-order valence-electron chi connectivity index (χ4n) is 9.23. The van der Waals surface area contributed by atoms with Gasteiger partial charge in [0.25, 0.3) is 11.8 Å². The van der Waals surface area contributed by atoms with Gasteiger partial charge in [-0.05, 0) is 105 Å². The van der Waals surface area contributed by atoms with E-state index in [1.165, 1.54) is 11.1 Å². The summed E-state index contributed by atoms with van der Waals surface area (Å²) in [5.41, 5.74) is 2.78. The molecule has 7 atom stereocenters. The Bertz CT molecular complexity index is 1730. The maximum Gasteiger partial charge on any atom is 0.282 e. The van der Waals surface area contributed by atoms with Crippen LogP contribution < -0.4 is 4.72 Å². The van der Waals surface area contributed by atoms with Crippen molar-refractivity contribution < 1.29 is 37.5 Å². The number of hydrogen-bond donors (Lipinski definition) is 1. The molecular weight excluding hydrogens is 718 g/mol. The Morgan fingerprint density at radius 3 is 2.79 bits per heavy atom. The zero-order valence-electron chi connectivity index (χ0n) is 31.0. The maximum atomic E-state index is 14.7. The van der Waals surface area contributed by atoms with Gasteiger partial charge in [0.15, 0.2) is 0 Å². The van der Waals surface area contributed by atoms with Gasteiger partial charge in [-0.2, -0.15) is 0 Å². The Morgan fingerprint density at radius 2 is 2.02 bits per heavy atom. The number of aryl methyl sites for hydroxylation is 1. The summed E-state index contributed by atoms with van der Waals surface area (Å²) in [6, 6.07) is 6.07. The van der Waals surface area contributed by atoms with E-state index >= 15 is 0 Å². The van der Waals surface area contributed by atoms with Crippen LogP contribution >= 0.6 is 11.6 Å². The number of allylic oxidation sites excluding steroid dienone is 3. The molecule has 1 unspecified atom stereocenters. The maximum absolute atomic E-state index is 14.7. The predicted octanol–water partition coefficient (Wildman–Crippen LogP) is 5.31. The third-order valence-corrected chi connectivity index (χ3v) is 14.3. The van der Waals surface area contributed by atoms with Crippen LogP contribution in [0.15, 0.2) is 58.2 Å². The van der Waals surface area contributed by atoms with Crippen molar-refractivity contribution >= 4 is 33.3 Å². The van der Waals surface area contributed by atoms with E-state index in [9.17, 15) is 13.8 Å². The molecule has 3 heterocycles. The Hall–Kier alpha value is -2.58. The number of nitrogens with one attached hydrogen (secondary N) is 1. The molecule has 0 radical (unpaired) electrons. The summed E-state index contributed by atoms with van der Waals surface area (Å²) >= 11 is 6.47. The summed E-state index contributed by atoms with van der Waals surface area (Å²) in [6.45, 7) is 3.29. The van der Waals surface area contributed by atoms with Crippen molar-refractivity contribution in [2.75, 3.05) is 66.1 Å². The van der Waals surface area contributed by atoms with Crippen LogP contribution in [-0.4, -0.2) is 105 Å². The lowest BCUT2D eigenvalue weighted by Gasteiger charge is -2.46. The molecule has 3 aliphatic heterocycles. The second-order valence-electron chi connectivity index (χ2n) is 15.7. The Morgan fingerprint density at radius 1 is 1.17 bits per heavy atom. The third kappa shape index (κ3) is 8.95. The second-order valence-corrected chi connectivity index (χ2v) is 18.1. The lowest BCUT2D eigenvalue weighted by atomic mass is 9.68. The normalized spacial score (nSPS) is 34.5. The van der Waals surface area contributed by atoms with Crippen LogP contribution in [0, 0.1) is 17.8 Å². The molecule has 2 amide bonds. The first-order valence-electron chi connectivity index (χ1n) is 19.2. The Kier molecular flexibility index (Phi) is 12.4. The number of carbonyl (C=O) groups is 2. The van der Waals surface area contributed by atoms with Gasteiger partial charge in [0, 0.05) is 63.0 Å². The molecule has 6 aliphatic rings. The van der Waals surface area contributed by atoms with Crippen LogP contribution in [0.4, 0.5) is 0 Å². The van der Waals surface area contributed by atoms with Gasteiger partial charge < -0.3 is 23.7 Å². The third-order valence-electron chi connectivity index (χ3n) is 12.1. The minimum absolute atomic E-state index is 0.0530. The summed E-state index contributed by atoms with van der Waals surface area (Å²) in [4.78, 5) is 29.9. The zero-order valence-corrected chi connectivity index (χ0v) is 32.5. The molecule has 0 aromatic heterocycles. The number of fused-ring (bicyclic) bond motifs is 4. The summed E-state index contributed by atoms with van der Waals surface area (Å²) in [5.74, 6) is 0.0847. The van der Waals surface area contributed by atoms with Gasteiger partial charge in [-0.25, -0.2) is 4.21 Å². The minimum Gasteiger partial charge on any atom is -0.495 e. The van der Waals surface area contributed by atoms with Crippen molar-refractivity contribution in [1.82, 2.24) is 9.62 Å². The number of nitrogens with zero attached hydrogens (tertiary/aromatic N) is 2. The Labute approximate surface area is 319 Å². The van der Waals surface area contributed by atoms with E-state index in [1.807, 2.05) is 12.1 Å². The quantitative estimate of drug-likeness (QED) is 0.367. The van der Waals surface area contributed by atoms with Gasteiger partial charge in [0.1, 0.15) is 22.3 Å². The lowest BCUT2D eigenvalue weighted by molar-refractivity contribution is -0.128. The van der Waals surface area contributed by atoms with E-state index in [1.54, 1.807) is 20.3 Å². The van der Waals surface area contributed by atoms with Crippen LogP contribution in [0.25, 0.3) is 0 Å². The van der Waals surface area contributed by atoms with E-state index in [0.717, 1.165) is 56.0 Å². The Balaban J connectivity index is 1.22. The van der Waals surface area contributed by atoms with Gasteiger partial charge in [0.2, 0.25) is 0 Å². The smallest absolute Gasteiger partial charge is 0.282 e. The van der Waals surface area contributed by atoms with Gasteiger partial charge in [-0.1, -0.05) is 29.8 Å². The largest absolute Gasteiger partial charge is 0.495 e. The van der Waals surface area contributed by atoms with Crippen LogP contribution in [0.3, 0.4) is 0 Å². The van der Waals surface area contributed by atoms with Crippen molar-refractivity contribution in [3.8, 4) is 0 Å². The molecule has 3 aliphatic carbocycles. The number of benzene rings is 1. The highest BCUT2D eigenvalue weighted by molar-refractivity contribution is 7.92. The zero-order chi connectivity index (χ0) is 37.0. The average Bonchev–Trinajstić information content (AvgIpc) is 3.28. The first-order chi connectivity index (χ1) is 25.7. The highest BCUT2D eigenvalue weighted by atomic mass is 35.5. The van der Waals surface area contributed by atoms with Crippen molar-refractivity contribution in [3.05, 3.63) is 70.0 Å². The lowest BCUT2D eigenvalue weighted by Crippen LogP contribution is -2.51. The molecular formula is C40H54ClN3O8S. The van der Waals surface area contributed by atoms with E-state index in [4.69, 9.17) is 35.3 Å². The molecule has 1 spiro atoms. The van der Waals surface area contributed by atoms with E-state index in [-0.39, 0.29) is 48.5 Å². The topological polar surface area (TPSA) is 125 Å². The predicted molar refractivity (Wildman–Crippen MR) is 203 cm³/mol. The van der Waals surface area contributed by atoms with Crippen LogP contribution in [0.2, 0.25) is 5.02 Å². The van der Waals surface area contributed by atoms with Gasteiger partial charge in [-0.3, -0.25) is 19.2 Å². The fraction of sp³-hybridized carbons (Fsp3) is 0.650. The molecule has 2 bridgehead atoms. The molecule has 53 heavy (non-hydrogen) atoms. The minimum atomic E-state index is -3.57. The molecule has 7 rings (SSSR count). The molecule has 11 nitrogen and oxygen atoms in total. The van der Waals surface area contributed by atoms with E-state index in [0.29, 0.717) is 62.9 Å². The summed E-state index contributed by atoms with van der Waals surface area (Å²) in [6.07, 6.45) is 15.1. The van der Waals surface area contributed by atoms with Crippen molar-refractivity contribution in [3.63, 3.8) is 0 Å².